The van der Waals surface area contributed by atoms with Gasteiger partial charge < -0.3 is 10.1 Å². The minimum absolute atomic E-state index is 0.0841. The smallest absolute Gasteiger partial charge is 0.255 e. The number of nitrogens with zero attached hydrogens (tertiary/aromatic N) is 1. The first-order valence-electron chi connectivity index (χ1n) is 9.45. The lowest BCUT2D eigenvalue weighted by molar-refractivity contribution is 0.102. The molecular formula is C23H23FN2O4S. The Bertz CT molecular complexity index is 1190. The molecule has 0 saturated heterocycles. The quantitative estimate of drug-likeness (QED) is 0.590. The van der Waals surface area contributed by atoms with Crippen LogP contribution < -0.4 is 14.4 Å². The predicted octanol–water partition coefficient (Wildman–Crippen LogP) is 4.36. The maximum Gasteiger partial charge on any atom is 0.255 e. The molecule has 3 aromatic rings. The maximum absolute atomic E-state index is 13.3. The van der Waals surface area contributed by atoms with Gasteiger partial charge in [-0.2, -0.15) is 0 Å². The number of rotatable bonds is 7. The van der Waals surface area contributed by atoms with Gasteiger partial charge in [0.15, 0.2) is 0 Å². The zero-order valence-electron chi connectivity index (χ0n) is 17.4. The molecule has 31 heavy (non-hydrogen) atoms. The van der Waals surface area contributed by atoms with Crippen LogP contribution in [-0.4, -0.2) is 27.7 Å². The second kappa shape index (κ2) is 9.18. The van der Waals surface area contributed by atoms with E-state index in [2.05, 4.69) is 5.32 Å². The number of amides is 1. The highest BCUT2D eigenvalue weighted by molar-refractivity contribution is 7.92. The van der Waals surface area contributed by atoms with Crippen LogP contribution in [0, 0.1) is 12.7 Å². The van der Waals surface area contributed by atoms with Crippen LogP contribution in [0.2, 0.25) is 0 Å². The minimum Gasteiger partial charge on any atom is -0.496 e. The Labute approximate surface area is 181 Å². The molecule has 1 amide bonds. The molecule has 0 fully saturated rings. The van der Waals surface area contributed by atoms with Gasteiger partial charge in [-0.3, -0.25) is 9.10 Å². The summed E-state index contributed by atoms with van der Waals surface area (Å²) in [7, 11) is -2.22. The van der Waals surface area contributed by atoms with E-state index in [0.29, 0.717) is 28.3 Å². The van der Waals surface area contributed by atoms with Gasteiger partial charge >= 0.3 is 0 Å². The van der Waals surface area contributed by atoms with Crippen molar-refractivity contribution in [3.8, 4) is 5.75 Å². The van der Waals surface area contributed by atoms with E-state index in [-0.39, 0.29) is 12.5 Å². The molecular weight excluding hydrogens is 419 g/mol. The first-order valence-corrected chi connectivity index (χ1v) is 11.3. The molecule has 3 aromatic carbocycles. The van der Waals surface area contributed by atoms with Gasteiger partial charge in [0.05, 0.1) is 25.6 Å². The Morgan fingerprint density at radius 1 is 1.06 bits per heavy atom. The van der Waals surface area contributed by atoms with Gasteiger partial charge in [-0.1, -0.05) is 12.1 Å². The fourth-order valence-electron chi connectivity index (χ4n) is 3.13. The summed E-state index contributed by atoms with van der Waals surface area (Å²) >= 11 is 0. The summed E-state index contributed by atoms with van der Waals surface area (Å²) in [5.41, 5.74) is 2.82. The van der Waals surface area contributed by atoms with Crippen LogP contribution >= 0.6 is 0 Å². The van der Waals surface area contributed by atoms with Crippen LogP contribution in [-0.2, 0) is 16.6 Å². The highest BCUT2D eigenvalue weighted by Gasteiger charge is 2.21. The van der Waals surface area contributed by atoms with Gasteiger partial charge in [-0.05, 0) is 67.1 Å². The van der Waals surface area contributed by atoms with Crippen molar-refractivity contribution in [1.29, 1.82) is 0 Å². The number of ether oxygens (including phenoxy) is 1. The third kappa shape index (κ3) is 5.61. The number of benzene rings is 3. The Kier molecular flexibility index (Phi) is 6.60. The van der Waals surface area contributed by atoms with Crippen LogP contribution in [0.25, 0.3) is 0 Å². The van der Waals surface area contributed by atoms with E-state index in [4.69, 9.17) is 4.74 Å². The molecule has 162 valence electrons. The van der Waals surface area contributed by atoms with E-state index >= 15 is 0 Å². The number of hydrogen-bond donors (Lipinski definition) is 1. The molecule has 0 aliphatic heterocycles. The van der Waals surface area contributed by atoms with Crippen LogP contribution in [0.4, 0.5) is 15.8 Å². The SMILES string of the molecule is COc1ccc(C(=O)Nc2cccc(C)c2)cc1CN(c1ccc(F)cc1)S(C)(=O)=O. The van der Waals surface area contributed by atoms with Crippen molar-refractivity contribution in [1.82, 2.24) is 0 Å². The number of carbonyl (C=O) groups is 1. The van der Waals surface area contributed by atoms with Crippen molar-refractivity contribution >= 4 is 27.3 Å². The Hall–Kier alpha value is -3.39. The van der Waals surface area contributed by atoms with Crippen LogP contribution in [0.15, 0.2) is 66.7 Å². The van der Waals surface area contributed by atoms with E-state index in [0.717, 1.165) is 16.1 Å². The van der Waals surface area contributed by atoms with Crippen LogP contribution in [0.3, 0.4) is 0 Å². The number of aryl methyl sites for hydroxylation is 1. The molecule has 0 radical (unpaired) electrons. The molecule has 8 heteroatoms. The zero-order valence-corrected chi connectivity index (χ0v) is 18.2. The number of nitrogens with one attached hydrogen (secondary N) is 1. The summed E-state index contributed by atoms with van der Waals surface area (Å²) in [5, 5.41) is 2.83. The average molecular weight is 443 g/mol. The molecule has 1 N–H and O–H groups in total. The number of carbonyl (C=O) groups excluding carboxylic acids is 1. The molecule has 0 aliphatic rings. The lowest BCUT2D eigenvalue weighted by Crippen LogP contribution is -2.29. The molecule has 0 heterocycles. The molecule has 0 aromatic heterocycles. The van der Waals surface area contributed by atoms with Gasteiger partial charge in [0.2, 0.25) is 10.0 Å². The molecule has 0 unspecified atom stereocenters. The van der Waals surface area contributed by atoms with Gasteiger partial charge in [-0.25, -0.2) is 12.8 Å². The summed E-state index contributed by atoms with van der Waals surface area (Å²) in [5.74, 6) is -0.366. The fraction of sp³-hybridized carbons (Fsp3) is 0.174. The number of methoxy groups -OCH3 is 1. The molecule has 0 spiro atoms. The van der Waals surface area contributed by atoms with E-state index < -0.39 is 15.8 Å². The average Bonchev–Trinajstić information content (AvgIpc) is 2.72. The normalized spacial score (nSPS) is 11.1. The van der Waals surface area contributed by atoms with E-state index in [1.54, 1.807) is 24.3 Å². The summed E-state index contributed by atoms with van der Waals surface area (Å²) < 4.78 is 44.7. The van der Waals surface area contributed by atoms with Crippen molar-refractivity contribution in [3.63, 3.8) is 0 Å². The number of halogens is 1. The van der Waals surface area contributed by atoms with E-state index in [9.17, 15) is 17.6 Å². The van der Waals surface area contributed by atoms with Crippen LogP contribution in [0.5, 0.6) is 5.75 Å². The molecule has 0 aliphatic carbocycles. The largest absolute Gasteiger partial charge is 0.496 e. The minimum atomic E-state index is -3.69. The lowest BCUT2D eigenvalue weighted by Gasteiger charge is -2.24. The van der Waals surface area contributed by atoms with Crippen molar-refractivity contribution in [3.05, 3.63) is 89.2 Å². The maximum atomic E-state index is 13.3. The topological polar surface area (TPSA) is 75.7 Å². The van der Waals surface area contributed by atoms with E-state index in [1.165, 1.54) is 31.4 Å². The Morgan fingerprint density at radius 2 is 1.77 bits per heavy atom. The first kappa shape index (κ1) is 22.3. The lowest BCUT2D eigenvalue weighted by atomic mass is 10.1. The van der Waals surface area contributed by atoms with Gasteiger partial charge in [0.25, 0.3) is 5.91 Å². The van der Waals surface area contributed by atoms with E-state index in [1.807, 2.05) is 25.1 Å². The van der Waals surface area contributed by atoms with Gasteiger partial charge in [-0.15, -0.1) is 0 Å². The van der Waals surface area contributed by atoms with Crippen LogP contribution in [0.1, 0.15) is 21.5 Å². The molecule has 0 saturated carbocycles. The number of anilines is 2. The highest BCUT2D eigenvalue weighted by Crippen LogP contribution is 2.27. The summed E-state index contributed by atoms with van der Waals surface area (Å²) in [6.45, 7) is 1.84. The second-order valence-corrected chi connectivity index (χ2v) is 9.00. The molecule has 3 rings (SSSR count). The number of sulfonamides is 1. The summed E-state index contributed by atoms with van der Waals surface area (Å²) in [4.78, 5) is 12.7. The highest BCUT2D eigenvalue weighted by atomic mass is 32.2. The second-order valence-electron chi connectivity index (χ2n) is 7.10. The summed E-state index contributed by atoms with van der Waals surface area (Å²) in [6, 6.07) is 17.4. The van der Waals surface area contributed by atoms with Crippen molar-refractivity contribution in [2.24, 2.45) is 0 Å². The first-order chi connectivity index (χ1) is 14.7. The third-order valence-corrected chi connectivity index (χ3v) is 5.79. The standard InChI is InChI=1S/C23H23FN2O4S/c1-16-5-4-6-20(13-16)25-23(27)17-7-12-22(30-2)18(14-17)15-26(31(3,28)29)21-10-8-19(24)9-11-21/h4-14H,15H2,1-3H3,(H,25,27). The van der Waals surface area contributed by atoms with Crippen molar-refractivity contribution in [2.45, 2.75) is 13.5 Å². The fourth-order valence-corrected chi connectivity index (χ4v) is 4.01. The Morgan fingerprint density at radius 3 is 2.39 bits per heavy atom. The number of hydrogen-bond acceptors (Lipinski definition) is 4. The van der Waals surface area contributed by atoms with Gasteiger partial charge in [0, 0.05) is 16.8 Å². The molecule has 0 bridgehead atoms. The van der Waals surface area contributed by atoms with Gasteiger partial charge in [0.1, 0.15) is 11.6 Å². The molecule has 0 atom stereocenters. The molecule has 6 nitrogen and oxygen atoms in total. The predicted molar refractivity (Wildman–Crippen MR) is 120 cm³/mol. The van der Waals surface area contributed by atoms with Crippen molar-refractivity contribution in [2.75, 3.05) is 23.0 Å². The zero-order chi connectivity index (χ0) is 22.6. The Balaban J connectivity index is 1.93. The van der Waals surface area contributed by atoms with Crippen molar-refractivity contribution < 1.29 is 22.3 Å². The monoisotopic (exact) mass is 442 g/mol. The summed E-state index contributed by atoms with van der Waals surface area (Å²) in [6.07, 6.45) is 1.07. The third-order valence-electron chi connectivity index (χ3n) is 4.65.